The third-order valence-corrected chi connectivity index (χ3v) is 1.68. The molecule has 2 N–H and O–H groups in total. The maximum absolute atomic E-state index is 9.08. The lowest BCUT2D eigenvalue weighted by atomic mass is 10.3. The number of rotatable bonds is 1. The van der Waals surface area contributed by atoms with Crippen molar-refractivity contribution in [3.8, 4) is 0 Å². The summed E-state index contributed by atoms with van der Waals surface area (Å²) in [7, 11) is 0. The molecule has 0 aromatic heterocycles. The van der Waals surface area contributed by atoms with Crippen molar-refractivity contribution in [1.29, 1.82) is 0 Å². The van der Waals surface area contributed by atoms with E-state index >= 15 is 0 Å². The molecular weight excluding hydrogens is 152 g/mol. The highest BCUT2D eigenvalue weighted by molar-refractivity contribution is 5.85. The molecule has 1 aliphatic heterocycles. The van der Waals surface area contributed by atoms with Crippen molar-refractivity contribution in [2.75, 3.05) is 26.2 Å². The lowest BCUT2D eigenvalue weighted by molar-refractivity contribution is 0.0112. The van der Waals surface area contributed by atoms with Gasteiger partial charge in [-0.05, 0) is 6.92 Å². The molecule has 1 rings (SSSR count). The molecule has 10 heavy (non-hydrogen) atoms. The van der Waals surface area contributed by atoms with Gasteiger partial charge in [0.2, 0.25) is 0 Å². The quantitative estimate of drug-likeness (QED) is 0.559. The first kappa shape index (κ1) is 10.2. The standard InChI is InChI=1S/C6H14N2O.ClH/c1-6(9)8-4-2-7-3-5-8;/h6-7,9H,2-5H2,1H3;1H. The van der Waals surface area contributed by atoms with Crippen molar-refractivity contribution in [3.05, 3.63) is 0 Å². The van der Waals surface area contributed by atoms with Gasteiger partial charge in [-0.2, -0.15) is 0 Å². The van der Waals surface area contributed by atoms with Crippen molar-refractivity contribution in [2.45, 2.75) is 13.2 Å². The second-order valence-corrected chi connectivity index (χ2v) is 2.42. The molecule has 0 radical (unpaired) electrons. The highest BCUT2D eigenvalue weighted by Gasteiger charge is 2.12. The number of aliphatic hydroxyl groups is 1. The fraction of sp³-hybridized carbons (Fsp3) is 1.00. The highest BCUT2D eigenvalue weighted by Crippen LogP contribution is 1.95. The van der Waals surface area contributed by atoms with Gasteiger partial charge in [0.25, 0.3) is 0 Å². The normalized spacial score (nSPS) is 23.4. The summed E-state index contributed by atoms with van der Waals surface area (Å²) in [6, 6.07) is 0. The molecule has 1 atom stereocenters. The van der Waals surface area contributed by atoms with Gasteiger partial charge < -0.3 is 10.4 Å². The lowest BCUT2D eigenvalue weighted by Crippen LogP contribution is -2.47. The van der Waals surface area contributed by atoms with Gasteiger partial charge in [-0.3, -0.25) is 4.90 Å². The van der Waals surface area contributed by atoms with Crippen LogP contribution in [-0.4, -0.2) is 42.4 Å². The Kier molecular flexibility index (Phi) is 4.99. The number of hydrogen-bond acceptors (Lipinski definition) is 3. The highest BCUT2D eigenvalue weighted by atomic mass is 35.5. The number of hydrogen-bond donors (Lipinski definition) is 2. The largest absolute Gasteiger partial charge is 0.379 e. The van der Waals surface area contributed by atoms with Crippen LogP contribution in [0.2, 0.25) is 0 Å². The topological polar surface area (TPSA) is 35.5 Å². The maximum atomic E-state index is 9.08. The monoisotopic (exact) mass is 166 g/mol. The van der Waals surface area contributed by atoms with E-state index < -0.39 is 0 Å². The molecule has 1 unspecified atom stereocenters. The Hall–Kier alpha value is 0.170. The van der Waals surface area contributed by atoms with Gasteiger partial charge in [0, 0.05) is 26.2 Å². The van der Waals surface area contributed by atoms with Crippen molar-refractivity contribution >= 4 is 12.4 Å². The Morgan fingerprint density at radius 2 is 1.90 bits per heavy atom. The Balaban J connectivity index is 0.000000810. The number of piperazine rings is 1. The fourth-order valence-electron chi connectivity index (χ4n) is 1.06. The smallest absolute Gasteiger partial charge is 0.104 e. The van der Waals surface area contributed by atoms with Crippen LogP contribution in [0.1, 0.15) is 6.92 Å². The molecule has 62 valence electrons. The summed E-state index contributed by atoms with van der Waals surface area (Å²) < 4.78 is 0. The predicted octanol–water partition coefficient (Wildman–Crippen LogP) is -0.348. The van der Waals surface area contributed by atoms with Crippen LogP contribution in [0.4, 0.5) is 0 Å². The molecule has 3 nitrogen and oxygen atoms in total. The summed E-state index contributed by atoms with van der Waals surface area (Å²) in [5, 5.41) is 12.3. The molecule has 0 saturated carbocycles. The van der Waals surface area contributed by atoms with Crippen molar-refractivity contribution in [2.24, 2.45) is 0 Å². The number of halogens is 1. The van der Waals surface area contributed by atoms with Crippen LogP contribution in [-0.2, 0) is 0 Å². The summed E-state index contributed by atoms with van der Waals surface area (Å²) >= 11 is 0. The van der Waals surface area contributed by atoms with Gasteiger partial charge in [-0.25, -0.2) is 0 Å². The lowest BCUT2D eigenvalue weighted by Gasteiger charge is -2.29. The molecule has 1 heterocycles. The molecular formula is C6H15ClN2O. The van der Waals surface area contributed by atoms with E-state index in [2.05, 4.69) is 10.2 Å². The molecule has 0 spiro atoms. The van der Waals surface area contributed by atoms with Gasteiger partial charge in [0.15, 0.2) is 0 Å². The second kappa shape index (κ2) is 4.91. The Bertz CT molecular complexity index is 83.8. The van der Waals surface area contributed by atoms with E-state index in [-0.39, 0.29) is 18.6 Å². The molecule has 0 bridgehead atoms. The summed E-state index contributed by atoms with van der Waals surface area (Å²) in [5.74, 6) is 0. The van der Waals surface area contributed by atoms with Gasteiger partial charge >= 0.3 is 0 Å². The molecule has 0 aromatic carbocycles. The van der Waals surface area contributed by atoms with E-state index in [1.807, 2.05) is 6.92 Å². The molecule has 1 saturated heterocycles. The van der Waals surface area contributed by atoms with E-state index in [1.54, 1.807) is 0 Å². The minimum Gasteiger partial charge on any atom is -0.379 e. The minimum absolute atomic E-state index is 0. The van der Waals surface area contributed by atoms with Crippen LogP contribution in [0.3, 0.4) is 0 Å². The van der Waals surface area contributed by atoms with Crippen LogP contribution >= 0.6 is 12.4 Å². The number of nitrogens with one attached hydrogen (secondary N) is 1. The molecule has 1 fully saturated rings. The zero-order valence-corrected chi connectivity index (χ0v) is 7.02. The fourth-order valence-corrected chi connectivity index (χ4v) is 1.06. The minimum atomic E-state index is -0.271. The first-order chi connectivity index (χ1) is 4.30. The molecule has 1 aliphatic rings. The van der Waals surface area contributed by atoms with E-state index in [4.69, 9.17) is 5.11 Å². The SMILES string of the molecule is CC(O)N1CCNCC1.Cl. The molecule has 0 amide bonds. The number of aliphatic hydroxyl groups excluding tert-OH is 1. The third-order valence-electron chi connectivity index (χ3n) is 1.68. The van der Waals surface area contributed by atoms with Crippen LogP contribution in [0, 0.1) is 0 Å². The summed E-state index contributed by atoms with van der Waals surface area (Å²) in [4.78, 5) is 2.05. The van der Waals surface area contributed by atoms with Gasteiger partial charge in [0.05, 0.1) is 0 Å². The summed E-state index contributed by atoms with van der Waals surface area (Å²) in [6.07, 6.45) is -0.271. The van der Waals surface area contributed by atoms with Crippen LogP contribution in [0.25, 0.3) is 0 Å². The van der Waals surface area contributed by atoms with Gasteiger partial charge in [-0.1, -0.05) is 0 Å². The summed E-state index contributed by atoms with van der Waals surface area (Å²) in [6.45, 7) is 5.76. The van der Waals surface area contributed by atoms with E-state index in [9.17, 15) is 0 Å². The molecule has 0 aliphatic carbocycles. The van der Waals surface area contributed by atoms with Crippen LogP contribution in [0.15, 0.2) is 0 Å². The molecule has 0 aromatic rings. The van der Waals surface area contributed by atoms with Crippen LogP contribution in [0.5, 0.6) is 0 Å². The number of nitrogens with zero attached hydrogens (tertiary/aromatic N) is 1. The first-order valence-corrected chi connectivity index (χ1v) is 3.43. The third kappa shape index (κ3) is 2.84. The molecule has 4 heteroatoms. The average molecular weight is 167 g/mol. The van der Waals surface area contributed by atoms with Crippen LogP contribution < -0.4 is 5.32 Å². The van der Waals surface area contributed by atoms with E-state index in [0.717, 1.165) is 26.2 Å². The Morgan fingerprint density at radius 3 is 2.20 bits per heavy atom. The zero-order valence-electron chi connectivity index (χ0n) is 6.21. The van der Waals surface area contributed by atoms with Crippen molar-refractivity contribution in [1.82, 2.24) is 10.2 Å². The maximum Gasteiger partial charge on any atom is 0.104 e. The zero-order chi connectivity index (χ0) is 6.69. The Morgan fingerprint density at radius 1 is 1.40 bits per heavy atom. The van der Waals surface area contributed by atoms with Crippen molar-refractivity contribution in [3.63, 3.8) is 0 Å². The van der Waals surface area contributed by atoms with E-state index in [0.29, 0.717) is 0 Å². The summed E-state index contributed by atoms with van der Waals surface area (Å²) in [5.41, 5.74) is 0. The van der Waals surface area contributed by atoms with E-state index in [1.165, 1.54) is 0 Å². The second-order valence-electron chi connectivity index (χ2n) is 2.42. The first-order valence-electron chi connectivity index (χ1n) is 3.43. The van der Waals surface area contributed by atoms with Crippen molar-refractivity contribution < 1.29 is 5.11 Å². The Labute approximate surface area is 67.8 Å². The predicted molar refractivity (Wildman–Crippen MR) is 43.4 cm³/mol. The van der Waals surface area contributed by atoms with Gasteiger partial charge in [-0.15, -0.1) is 12.4 Å². The van der Waals surface area contributed by atoms with Gasteiger partial charge in [0.1, 0.15) is 6.23 Å². The average Bonchev–Trinajstić information content (AvgIpc) is 1.90.